The summed E-state index contributed by atoms with van der Waals surface area (Å²) in [5, 5.41) is 13.0. The van der Waals surface area contributed by atoms with Crippen LogP contribution in [-0.4, -0.2) is 22.6 Å². The molecule has 1 aromatic rings. The summed E-state index contributed by atoms with van der Waals surface area (Å²) in [4.78, 5) is 15.5. The van der Waals surface area contributed by atoms with Crippen molar-refractivity contribution < 1.29 is 9.90 Å². The Morgan fingerprint density at radius 2 is 2.22 bits per heavy atom. The first-order chi connectivity index (χ1) is 8.58. The molecule has 2 rings (SSSR count). The summed E-state index contributed by atoms with van der Waals surface area (Å²) in [6.07, 6.45) is 5.24. The van der Waals surface area contributed by atoms with E-state index in [1.54, 1.807) is 6.92 Å². The maximum Gasteiger partial charge on any atom is 0.347 e. The van der Waals surface area contributed by atoms with Gasteiger partial charge in [0.25, 0.3) is 0 Å². The molecule has 1 aliphatic carbocycles. The van der Waals surface area contributed by atoms with E-state index in [0.717, 1.165) is 17.6 Å². The molecule has 0 saturated heterocycles. The van der Waals surface area contributed by atoms with Crippen molar-refractivity contribution in [2.45, 2.75) is 39.5 Å². The number of nitrogens with one attached hydrogen (secondary N) is 1. The van der Waals surface area contributed by atoms with Crippen LogP contribution >= 0.6 is 11.3 Å². The van der Waals surface area contributed by atoms with Crippen molar-refractivity contribution in [3.63, 3.8) is 0 Å². The van der Waals surface area contributed by atoms with Gasteiger partial charge in [0.05, 0.1) is 5.69 Å². The van der Waals surface area contributed by atoms with Crippen LogP contribution in [0.4, 0.5) is 5.13 Å². The zero-order valence-corrected chi connectivity index (χ0v) is 11.7. The number of hydrogen-bond donors (Lipinski definition) is 2. The van der Waals surface area contributed by atoms with Crippen molar-refractivity contribution in [2.75, 3.05) is 11.9 Å². The average molecular weight is 268 g/mol. The van der Waals surface area contributed by atoms with E-state index in [2.05, 4.69) is 17.2 Å². The number of thiazole rings is 1. The Balaban J connectivity index is 1.93. The fourth-order valence-electron chi connectivity index (χ4n) is 2.59. The third kappa shape index (κ3) is 3.02. The predicted molar refractivity (Wildman–Crippen MR) is 73.4 cm³/mol. The molecular formula is C13H20N2O2S. The van der Waals surface area contributed by atoms with Gasteiger partial charge in [0, 0.05) is 6.54 Å². The quantitative estimate of drug-likeness (QED) is 0.878. The van der Waals surface area contributed by atoms with E-state index in [1.165, 1.54) is 37.0 Å². The third-order valence-corrected chi connectivity index (χ3v) is 4.90. The van der Waals surface area contributed by atoms with Crippen LogP contribution in [0.3, 0.4) is 0 Å². The lowest BCUT2D eigenvalue weighted by Crippen LogP contribution is -2.24. The lowest BCUT2D eigenvalue weighted by Gasteiger charge is -2.28. The molecule has 5 heteroatoms. The molecule has 1 heterocycles. The second-order valence-electron chi connectivity index (χ2n) is 5.14. The molecule has 1 fully saturated rings. The van der Waals surface area contributed by atoms with Gasteiger partial charge in [-0.2, -0.15) is 0 Å². The predicted octanol–water partition coefficient (Wildman–Crippen LogP) is 3.39. The van der Waals surface area contributed by atoms with Crippen molar-refractivity contribution in [3.05, 3.63) is 10.6 Å². The number of aromatic nitrogens is 1. The fourth-order valence-corrected chi connectivity index (χ4v) is 3.40. The molecule has 0 bridgehead atoms. The normalized spacial score (nSPS) is 23.9. The summed E-state index contributed by atoms with van der Waals surface area (Å²) >= 11 is 1.24. The Morgan fingerprint density at radius 1 is 1.50 bits per heavy atom. The number of carboxylic acid groups (broad SMARTS) is 1. The second kappa shape index (κ2) is 5.69. The molecule has 0 radical (unpaired) electrons. The molecule has 1 aliphatic rings. The maximum absolute atomic E-state index is 10.9. The smallest absolute Gasteiger partial charge is 0.347 e. The Bertz CT molecular complexity index is 431. The third-order valence-electron chi connectivity index (χ3n) is 3.80. The van der Waals surface area contributed by atoms with Crippen LogP contribution in [-0.2, 0) is 0 Å². The standard InChI is InChI=1S/C13H20N2O2S/c1-8-5-3-4-6-10(8)7-14-13-15-9(2)11(18-13)12(16)17/h8,10H,3-7H2,1-2H3,(H,14,15)(H,16,17). The molecule has 2 N–H and O–H groups in total. The van der Waals surface area contributed by atoms with E-state index in [-0.39, 0.29) is 0 Å². The van der Waals surface area contributed by atoms with E-state index in [9.17, 15) is 4.79 Å². The van der Waals surface area contributed by atoms with Gasteiger partial charge < -0.3 is 10.4 Å². The average Bonchev–Trinajstić information content (AvgIpc) is 2.70. The second-order valence-corrected chi connectivity index (χ2v) is 6.14. The molecule has 2 atom stereocenters. The van der Waals surface area contributed by atoms with Crippen molar-refractivity contribution in [1.82, 2.24) is 4.98 Å². The topological polar surface area (TPSA) is 62.2 Å². The van der Waals surface area contributed by atoms with Gasteiger partial charge in [-0.05, 0) is 25.2 Å². The number of rotatable bonds is 4. The lowest BCUT2D eigenvalue weighted by atomic mass is 9.80. The Morgan fingerprint density at radius 3 is 2.83 bits per heavy atom. The van der Waals surface area contributed by atoms with Gasteiger partial charge >= 0.3 is 5.97 Å². The highest BCUT2D eigenvalue weighted by Gasteiger charge is 2.21. The summed E-state index contributed by atoms with van der Waals surface area (Å²) in [6.45, 7) is 4.96. The SMILES string of the molecule is Cc1nc(NCC2CCCCC2C)sc1C(=O)O. The van der Waals surface area contributed by atoms with Gasteiger partial charge in [0.15, 0.2) is 5.13 Å². The molecule has 4 nitrogen and oxygen atoms in total. The van der Waals surface area contributed by atoms with Crippen molar-refractivity contribution in [3.8, 4) is 0 Å². The molecule has 1 saturated carbocycles. The highest BCUT2D eigenvalue weighted by Crippen LogP contribution is 2.30. The van der Waals surface area contributed by atoms with Crippen LogP contribution in [0.5, 0.6) is 0 Å². The monoisotopic (exact) mass is 268 g/mol. The fraction of sp³-hybridized carbons (Fsp3) is 0.692. The van der Waals surface area contributed by atoms with Gasteiger partial charge in [0.2, 0.25) is 0 Å². The van der Waals surface area contributed by atoms with Crippen LogP contribution in [0.1, 0.15) is 48.0 Å². The van der Waals surface area contributed by atoms with E-state index in [1.807, 2.05) is 0 Å². The Labute approximate surface area is 111 Å². The highest BCUT2D eigenvalue weighted by molar-refractivity contribution is 7.17. The molecule has 0 aromatic carbocycles. The molecule has 1 aromatic heterocycles. The van der Waals surface area contributed by atoms with Gasteiger partial charge in [-0.1, -0.05) is 37.5 Å². The summed E-state index contributed by atoms with van der Waals surface area (Å²) in [6, 6.07) is 0. The molecule has 18 heavy (non-hydrogen) atoms. The van der Waals surface area contributed by atoms with Crippen LogP contribution in [0, 0.1) is 18.8 Å². The summed E-state index contributed by atoms with van der Waals surface area (Å²) in [5.41, 5.74) is 0.603. The largest absolute Gasteiger partial charge is 0.477 e. The Hall–Kier alpha value is -1.10. The van der Waals surface area contributed by atoms with Crippen molar-refractivity contribution >= 4 is 22.4 Å². The number of aromatic carboxylic acids is 1. The number of hydrogen-bond acceptors (Lipinski definition) is 4. The van der Waals surface area contributed by atoms with E-state index < -0.39 is 5.97 Å². The van der Waals surface area contributed by atoms with Crippen LogP contribution in [0.15, 0.2) is 0 Å². The van der Waals surface area contributed by atoms with Gasteiger partial charge in [0.1, 0.15) is 4.88 Å². The number of nitrogens with zero attached hydrogens (tertiary/aromatic N) is 1. The first-order valence-electron chi connectivity index (χ1n) is 6.52. The highest BCUT2D eigenvalue weighted by atomic mass is 32.1. The minimum absolute atomic E-state index is 0.342. The van der Waals surface area contributed by atoms with Crippen molar-refractivity contribution in [2.24, 2.45) is 11.8 Å². The number of carboxylic acids is 1. The van der Waals surface area contributed by atoms with Crippen LogP contribution < -0.4 is 5.32 Å². The summed E-state index contributed by atoms with van der Waals surface area (Å²) in [7, 11) is 0. The minimum Gasteiger partial charge on any atom is -0.477 e. The van der Waals surface area contributed by atoms with Crippen LogP contribution in [0.2, 0.25) is 0 Å². The first-order valence-corrected chi connectivity index (χ1v) is 7.34. The Kier molecular flexibility index (Phi) is 4.22. The van der Waals surface area contributed by atoms with Gasteiger partial charge in [-0.25, -0.2) is 9.78 Å². The van der Waals surface area contributed by atoms with E-state index in [0.29, 0.717) is 16.5 Å². The molecule has 0 amide bonds. The zero-order chi connectivity index (χ0) is 13.1. The molecular weight excluding hydrogens is 248 g/mol. The summed E-state index contributed by atoms with van der Waals surface area (Å²) < 4.78 is 0. The molecule has 2 unspecified atom stereocenters. The van der Waals surface area contributed by atoms with Crippen LogP contribution in [0.25, 0.3) is 0 Å². The van der Waals surface area contributed by atoms with Crippen molar-refractivity contribution in [1.29, 1.82) is 0 Å². The van der Waals surface area contributed by atoms with E-state index >= 15 is 0 Å². The minimum atomic E-state index is -0.885. The first kappa shape index (κ1) is 13.3. The number of aryl methyl sites for hydroxylation is 1. The summed E-state index contributed by atoms with van der Waals surface area (Å²) in [5.74, 6) is 0.562. The van der Waals surface area contributed by atoms with Gasteiger partial charge in [-0.15, -0.1) is 0 Å². The molecule has 0 spiro atoms. The number of carbonyl (C=O) groups is 1. The lowest BCUT2D eigenvalue weighted by molar-refractivity contribution is 0.0701. The van der Waals surface area contributed by atoms with E-state index in [4.69, 9.17) is 5.11 Å². The molecule has 0 aliphatic heterocycles. The van der Waals surface area contributed by atoms with Gasteiger partial charge in [-0.3, -0.25) is 0 Å². The number of anilines is 1. The zero-order valence-electron chi connectivity index (χ0n) is 10.9. The maximum atomic E-state index is 10.9. The molecule has 100 valence electrons.